The van der Waals surface area contributed by atoms with E-state index in [1.54, 1.807) is 9.80 Å². The van der Waals surface area contributed by atoms with Crippen molar-refractivity contribution in [1.82, 2.24) is 9.80 Å². The summed E-state index contributed by atoms with van der Waals surface area (Å²) < 4.78 is 5.25. The zero-order chi connectivity index (χ0) is 14.2. The molecule has 106 valence electrons. The number of carbonyl (C=O) groups is 3. The Balaban J connectivity index is 1.73. The van der Waals surface area contributed by atoms with Gasteiger partial charge in [0, 0.05) is 25.6 Å². The van der Waals surface area contributed by atoms with E-state index in [4.69, 9.17) is 4.74 Å². The van der Waals surface area contributed by atoms with Crippen molar-refractivity contribution in [2.24, 2.45) is 5.92 Å². The number of hydrogen-bond donors (Lipinski definition) is 0. The molecule has 0 unspecified atom stereocenters. The third-order valence-corrected chi connectivity index (χ3v) is 3.16. The molecular formula is C13H20N2O4. The van der Waals surface area contributed by atoms with Gasteiger partial charge in [-0.05, 0) is 20.8 Å². The van der Waals surface area contributed by atoms with Crippen LogP contribution in [-0.4, -0.2) is 59.4 Å². The summed E-state index contributed by atoms with van der Waals surface area (Å²) in [6.45, 7) is 7.45. The summed E-state index contributed by atoms with van der Waals surface area (Å²) in [5, 5.41) is 0. The standard InChI is InChI=1S/C13H20N2O4/c1-13(2,3)19-12(18)15-6-9(7-15)5-14-8-10(16)4-11(14)17/h9H,4-8H2,1-3H3. The van der Waals surface area contributed by atoms with E-state index in [9.17, 15) is 14.4 Å². The molecule has 2 aliphatic rings. The minimum absolute atomic E-state index is 0.0201. The Morgan fingerprint density at radius 2 is 1.95 bits per heavy atom. The lowest BCUT2D eigenvalue weighted by atomic mass is 10.0. The predicted molar refractivity (Wildman–Crippen MR) is 67.5 cm³/mol. The van der Waals surface area contributed by atoms with Crippen LogP contribution >= 0.6 is 0 Å². The molecule has 0 bridgehead atoms. The number of amides is 2. The van der Waals surface area contributed by atoms with Crippen LogP contribution in [0, 0.1) is 5.92 Å². The predicted octanol–water partition coefficient (Wildman–Crippen LogP) is 0.655. The maximum atomic E-state index is 11.7. The van der Waals surface area contributed by atoms with Crippen molar-refractivity contribution >= 4 is 17.8 Å². The lowest BCUT2D eigenvalue weighted by molar-refractivity contribution is -0.128. The molecule has 0 N–H and O–H groups in total. The first-order valence-electron chi connectivity index (χ1n) is 6.52. The number of ketones is 1. The maximum absolute atomic E-state index is 11.7. The Morgan fingerprint density at radius 1 is 1.32 bits per heavy atom. The Kier molecular flexibility index (Phi) is 3.52. The van der Waals surface area contributed by atoms with Gasteiger partial charge in [0.05, 0.1) is 13.0 Å². The van der Waals surface area contributed by atoms with Crippen molar-refractivity contribution < 1.29 is 19.1 Å². The van der Waals surface area contributed by atoms with Gasteiger partial charge in [0.1, 0.15) is 5.60 Å². The van der Waals surface area contributed by atoms with E-state index >= 15 is 0 Å². The molecule has 2 amide bonds. The zero-order valence-corrected chi connectivity index (χ0v) is 11.6. The van der Waals surface area contributed by atoms with Gasteiger partial charge in [0.15, 0.2) is 5.78 Å². The summed E-state index contributed by atoms with van der Waals surface area (Å²) in [6, 6.07) is 0. The van der Waals surface area contributed by atoms with Crippen LogP contribution in [-0.2, 0) is 14.3 Å². The number of nitrogens with zero attached hydrogens (tertiary/aromatic N) is 2. The maximum Gasteiger partial charge on any atom is 0.410 e. The summed E-state index contributed by atoms with van der Waals surface area (Å²) in [4.78, 5) is 37.5. The molecule has 0 aromatic heterocycles. The summed E-state index contributed by atoms with van der Waals surface area (Å²) in [6.07, 6.45) is -0.282. The van der Waals surface area contributed by atoms with Crippen LogP contribution < -0.4 is 0 Å². The molecule has 0 aromatic rings. The lowest BCUT2D eigenvalue weighted by Gasteiger charge is -2.41. The van der Waals surface area contributed by atoms with Crippen molar-refractivity contribution in [3.05, 3.63) is 0 Å². The molecule has 2 aliphatic heterocycles. The van der Waals surface area contributed by atoms with Crippen molar-refractivity contribution in [3.8, 4) is 0 Å². The van der Waals surface area contributed by atoms with Crippen molar-refractivity contribution in [2.45, 2.75) is 32.8 Å². The molecule has 19 heavy (non-hydrogen) atoms. The molecular weight excluding hydrogens is 248 g/mol. The van der Waals surface area contributed by atoms with E-state index < -0.39 is 5.60 Å². The van der Waals surface area contributed by atoms with Crippen molar-refractivity contribution in [1.29, 1.82) is 0 Å². The van der Waals surface area contributed by atoms with E-state index in [0.717, 1.165) is 0 Å². The Hall–Kier alpha value is -1.59. The smallest absolute Gasteiger partial charge is 0.410 e. The largest absolute Gasteiger partial charge is 0.444 e. The van der Waals surface area contributed by atoms with E-state index in [1.165, 1.54) is 0 Å². The van der Waals surface area contributed by atoms with Crippen molar-refractivity contribution in [3.63, 3.8) is 0 Å². The number of hydrogen-bond acceptors (Lipinski definition) is 4. The highest BCUT2D eigenvalue weighted by molar-refractivity contribution is 6.05. The number of ether oxygens (including phenoxy) is 1. The number of carbonyl (C=O) groups excluding carboxylic acids is 3. The van der Waals surface area contributed by atoms with Crippen molar-refractivity contribution in [2.75, 3.05) is 26.2 Å². The van der Waals surface area contributed by atoms with E-state index in [-0.39, 0.29) is 36.7 Å². The quantitative estimate of drug-likeness (QED) is 0.690. The van der Waals surface area contributed by atoms with Crippen LogP contribution in [0.25, 0.3) is 0 Å². The highest BCUT2D eigenvalue weighted by Crippen LogP contribution is 2.21. The molecule has 0 radical (unpaired) electrons. The summed E-state index contributed by atoms with van der Waals surface area (Å²) >= 11 is 0. The van der Waals surface area contributed by atoms with Gasteiger partial charge in [-0.3, -0.25) is 9.59 Å². The average Bonchev–Trinajstić information content (AvgIpc) is 2.47. The van der Waals surface area contributed by atoms with Gasteiger partial charge >= 0.3 is 6.09 Å². The topological polar surface area (TPSA) is 66.9 Å². The van der Waals surface area contributed by atoms with Gasteiger partial charge in [-0.1, -0.05) is 0 Å². The summed E-state index contributed by atoms with van der Waals surface area (Å²) in [5.41, 5.74) is -0.487. The monoisotopic (exact) mass is 268 g/mol. The average molecular weight is 268 g/mol. The Labute approximate surface area is 112 Å². The van der Waals surface area contributed by atoms with Crippen LogP contribution in [0.15, 0.2) is 0 Å². The van der Waals surface area contributed by atoms with Gasteiger partial charge in [0.25, 0.3) is 0 Å². The molecule has 0 atom stereocenters. The first kappa shape index (κ1) is 13.8. The summed E-state index contributed by atoms with van der Waals surface area (Å²) in [7, 11) is 0. The molecule has 2 rings (SSSR count). The third-order valence-electron chi connectivity index (χ3n) is 3.16. The highest BCUT2D eigenvalue weighted by atomic mass is 16.6. The normalized spacial score (nSPS) is 20.8. The Morgan fingerprint density at radius 3 is 2.42 bits per heavy atom. The van der Waals surface area contributed by atoms with Crippen LogP contribution in [0.5, 0.6) is 0 Å². The number of Topliss-reactive ketones (excluding diaryl/α,β-unsaturated/α-hetero) is 1. The number of likely N-dealkylation sites (tertiary alicyclic amines) is 2. The van der Waals surface area contributed by atoms with E-state index in [2.05, 4.69) is 0 Å². The van der Waals surface area contributed by atoms with Gasteiger partial charge in [-0.15, -0.1) is 0 Å². The third kappa shape index (κ3) is 3.45. The summed E-state index contributed by atoms with van der Waals surface area (Å²) in [5.74, 6) is 0.136. The Bertz CT molecular complexity index is 407. The fourth-order valence-electron chi connectivity index (χ4n) is 2.28. The van der Waals surface area contributed by atoms with Crippen LogP contribution in [0.4, 0.5) is 4.79 Å². The fourth-order valence-corrected chi connectivity index (χ4v) is 2.28. The molecule has 2 fully saturated rings. The molecule has 2 heterocycles. The first-order valence-corrected chi connectivity index (χ1v) is 6.52. The molecule has 0 saturated carbocycles. The second-order valence-corrected chi connectivity index (χ2v) is 6.24. The van der Waals surface area contributed by atoms with Crippen LogP contribution in [0.1, 0.15) is 27.2 Å². The molecule has 6 heteroatoms. The minimum Gasteiger partial charge on any atom is -0.444 e. The van der Waals surface area contributed by atoms with E-state index in [0.29, 0.717) is 19.6 Å². The second kappa shape index (κ2) is 4.83. The lowest BCUT2D eigenvalue weighted by Crippen LogP contribution is -2.55. The molecule has 2 saturated heterocycles. The van der Waals surface area contributed by atoms with Crippen LogP contribution in [0.2, 0.25) is 0 Å². The van der Waals surface area contributed by atoms with Gasteiger partial charge in [0.2, 0.25) is 5.91 Å². The minimum atomic E-state index is -0.487. The number of rotatable bonds is 2. The SMILES string of the molecule is CC(C)(C)OC(=O)N1CC(CN2CC(=O)CC2=O)C1. The first-order chi connectivity index (χ1) is 8.74. The van der Waals surface area contributed by atoms with Gasteiger partial charge in [-0.2, -0.15) is 0 Å². The molecule has 0 aliphatic carbocycles. The fraction of sp³-hybridized carbons (Fsp3) is 0.769. The van der Waals surface area contributed by atoms with Gasteiger partial charge in [-0.25, -0.2) is 4.79 Å². The molecule has 6 nitrogen and oxygen atoms in total. The highest BCUT2D eigenvalue weighted by Gasteiger charge is 2.37. The van der Waals surface area contributed by atoms with Gasteiger partial charge < -0.3 is 14.5 Å². The van der Waals surface area contributed by atoms with Crippen LogP contribution in [0.3, 0.4) is 0 Å². The van der Waals surface area contributed by atoms with E-state index in [1.807, 2.05) is 20.8 Å². The second-order valence-electron chi connectivity index (χ2n) is 6.24. The molecule has 0 aromatic carbocycles. The molecule has 0 spiro atoms. The zero-order valence-electron chi connectivity index (χ0n) is 11.6.